The fraction of sp³-hybridized carbons (Fsp3) is 0.375. The first kappa shape index (κ1) is 12.2. The molecule has 0 aliphatic heterocycles. The molecule has 1 aromatic heterocycles. The molecular formula is C8H5ClF5N. The molecule has 84 valence electrons. The number of hydrogen-bond acceptors (Lipinski definition) is 1. The van der Waals surface area contributed by atoms with Gasteiger partial charge in [0.1, 0.15) is 5.69 Å². The van der Waals surface area contributed by atoms with Crippen molar-refractivity contribution in [1.82, 2.24) is 4.98 Å². The minimum Gasteiger partial charge on any atom is -0.247 e. The molecule has 0 aliphatic rings. The number of aromatic nitrogens is 1. The number of halogens is 6. The van der Waals surface area contributed by atoms with Crippen LogP contribution in [0, 0.1) is 6.92 Å². The minimum absolute atomic E-state index is 0.262. The Bertz CT molecular complexity index is 374. The molecule has 0 aromatic carbocycles. The summed E-state index contributed by atoms with van der Waals surface area (Å²) >= 11 is 5.40. The second kappa shape index (κ2) is 3.92. The third-order valence-electron chi connectivity index (χ3n) is 1.68. The van der Waals surface area contributed by atoms with Crippen LogP contribution in [0.15, 0.2) is 6.07 Å². The average molecular weight is 246 g/mol. The van der Waals surface area contributed by atoms with Crippen LogP contribution in [0.4, 0.5) is 22.0 Å². The van der Waals surface area contributed by atoms with E-state index >= 15 is 0 Å². The highest BCUT2D eigenvalue weighted by Gasteiger charge is 2.34. The maximum atomic E-state index is 12.3. The number of hydrogen-bond donors (Lipinski definition) is 0. The van der Waals surface area contributed by atoms with Crippen molar-refractivity contribution in [2.75, 3.05) is 0 Å². The van der Waals surface area contributed by atoms with Gasteiger partial charge in [0.2, 0.25) is 0 Å². The average Bonchev–Trinajstić information content (AvgIpc) is 2.06. The smallest absolute Gasteiger partial charge is 0.247 e. The van der Waals surface area contributed by atoms with Gasteiger partial charge in [-0.05, 0) is 13.0 Å². The Labute approximate surface area is 86.9 Å². The quantitative estimate of drug-likeness (QED) is 0.682. The van der Waals surface area contributed by atoms with Gasteiger partial charge in [-0.25, -0.2) is 13.8 Å². The number of aryl methyl sites for hydroxylation is 1. The molecule has 0 saturated heterocycles. The first-order chi connectivity index (χ1) is 6.73. The zero-order valence-electron chi connectivity index (χ0n) is 7.37. The van der Waals surface area contributed by atoms with Crippen molar-refractivity contribution >= 4 is 11.6 Å². The van der Waals surface area contributed by atoms with E-state index in [0.717, 1.165) is 6.92 Å². The van der Waals surface area contributed by atoms with Crippen molar-refractivity contribution in [2.24, 2.45) is 0 Å². The van der Waals surface area contributed by atoms with Crippen molar-refractivity contribution < 1.29 is 22.0 Å². The molecule has 0 spiro atoms. The Hall–Kier alpha value is -0.910. The van der Waals surface area contributed by atoms with Gasteiger partial charge >= 0.3 is 6.18 Å². The van der Waals surface area contributed by atoms with E-state index in [-0.39, 0.29) is 11.8 Å². The molecule has 1 aromatic rings. The third-order valence-corrected chi connectivity index (χ3v) is 2.17. The van der Waals surface area contributed by atoms with Crippen LogP contribution >= 0.6 is 11.6 Å². The molecule has 0 aliphatic carbocycles. The highest BCUT2D eigenvalue weighted by molar-refractivity contribution is 6.32. The van der Waals surface area contributed by atoms with E-state index < -0.39 is 28.9 Å². The van der Waals surface area contributed by atoms with Gasteiger partial charge in [0.25, 0.3) is 6.43 Å². The molecule has 0 amide bonds. The van der Waals surface area contributed by atoms with Crippen LogP contribution in [0.1, 0.15) is 23.4 Å². The number of rotatable bonds is 1. The summed E-state index contributed by atoms with van der Waals surface area (Å²) < 4.78 is 61.2. The zero-order valence-corrected chi connectivity index (χ0v) is 8.13. The number of alkyl halides is 5. The van der Waals surface area contributed by atoms with Crippen LogP contribution in [0.3, 0.4) is 0 Å². The van der Waals surface area contributed by atoms with Crippen molar-refractivity contribution in [1.29, 1.82) is 0 Å². The Morgan fingerprint density at radius 3 is 2.27 bits per heavy atom. The van der Waals surface area contributed by atoms with E-state index in [1.54, 1.807) is 0 Å². The zero-order chi connectivity index (χ0) is 11.8. The molecule has 0 atom stereocenters. The normalized spacial score (nSPS) is 12.3. The molecule has 7 heteroatoms. The van der Waals surface area contributed by atoms with E-state index in [9.17, 15) is 22.0 Å². The highest BCUT2D eigenvalue weighted by atomic mass is 35.5. The van der Waals surface area contributed by atoms with Gasteiger partial charge in [-0.1, -0.05) is 11.6 Å². The summed E-state index contributed by atoms with van der Waals surface area (Å²) in [5.74, 6) is 0. The lowest BCUT2D eigenvalue weighted by atomic mass is 10.2. The molecule has 0 N–H and O–H groups in total. The molecule has 0 bridgehead atoms. The van der Waals surface area contributed by atoms with Crippen LogP contribution in [0.25, 0.3) is 0 Å². The molecular weight excluding hydrogens is 241 g/mol. The second-order valence-electron chi connectivity index (χ2n) is 2.79. The number of nitrogens with zero attached hydrogens (tertiary/aromatic N) is 1. The lowest BCUT2D eigenvalue weighted by Crippen LogP contribution is -2.10. The van der Waals surface area contributed by atoms with Gasteiger partial charge in [-0.15, -0.1) is 0 Å². The summed E-state index contributed by atoms with van der Waals surface area (Å²) in [6.45, 7) is 1.14. The molecule has 0 radical (unpaired) electrons. The molecule has 1 nitrogen and oxygen atoms in total. The Morgan fingerprint density at radius 2 is 1.87 bits per heavy atom. The van der Waals surface area contributed by atoms with Crippen molar-refractivity contribution in [3.8, 4) is 0 Å². The standard InChI is InChI=1S/C8H5ClF5N/c1-3-6(9)4(7(10)11)2-5(15-3)8(12,13)14/h2,7H,1H3. The molecule has 0 fully saturated rings. The van der Waals surface area contributed by atoms with E-state index in [2.05, 4.69) is 4.98 Å². The van der Waals surface area contributed by atoms with E-state index in [4.69, 9.17) is 11.6 Å². The fourth-order valence-corrected chi connectivity index (χ4v) is 1.16. The molecule has 1 rings (SSSR count). The fourth-order valence-electron chi connectivity index (χ4n) is 0.986. The molecule has 15 heavy (non-hydrogen) atoms. The van der Waals surface area contributed by atoms with Crippen LogP contribution in [-0.2, 0) is 6.18 Å². The molecule has 0 saturated carbocycles. The summed E-state index contributed by atoms with van der Waals surface area (Å²) in [4.78, 5) is 3.10. The van der Waals surface area contributed by atoms with Gasteiger partial charge in [-0.3, -0.25) is 0 Å². The van der Waals surface area contributed by atoms with E-state index in [1.807, 2.05) is 0 Å². The van der Waals surface area contributed by atoms with Crippen molar-refractivity contribution in [3.63, 3.8) is 0 Å². The Kier molecular flexibility index (Phi) is 3.18. The number of pyridine rings is 1. The summed E-state index contributed by atoms with van der Waals surface area (Å²) in [6, 6.07) is 0.264. The second-order valence-corrected chi connectivity index (χ2v) is 3.17. The maximum Gasteiger partial charge on any atom is 0.433 e. The van der Waals surface area contributed by atoms with Gasteiger partial charge in [0, 0.05) is 5.56 Å². The van der Waals surface area contributed by atoms with Crippen LogP contribution in [0.2, 0.25) is 5.02 Å². The van der Waals surface area contributed by atoms with Crippen LogP contribution in [0.5, 0.6) is 0 Å². The summed E-state index contributed by atoms with van der Waals surface area (Å²) in [5, 5.41) is -0.432. The van der Waals surface area contributed by atoms with Gasteiger partial charge in [0.15, 0.2) is 0 Å². The van der Waals surface area contributed by atoms with E-state index in [0.29, 0.717) is 0 Å². The Balaban J connectivity index is 3.36. The minimum atomic E-state index is -4.75. The summed E-state index contributed by atoms with van der Waals surface area (Å²) in [6.07, 6.45) is -7.81. The van der Waals surface area contributed by atoms with Crippen LogP contribution in [-0.4, -0.2) is 4.98 Å². The topological polar surface area (TPSA) is 12.9 Å². The third kappa shape index (κ3) is 2.56. The lowest BCUT2D eigenvalue weighted by Gasteiger charge is -2.11. The monoisotopic (exact) mass is 245 g/mol. The predicted molar refractivity (Wildman–Crippen MR) is 43.9 cm³/mol. The summed E-state index contributed by atoms with van der Waals surface area (Å²) in [7, 11) is 0. The maximum absolute atomic E-state index is 12.3. The first-order valence-electron chi connectivity index (χ1n) is 3.76. The SMILES string of the molecule is Cc1nc(C(F)(F)F)cc(C(F)F)c1Cl. The Morgan fingerprint density at radius 1 is 1.33 bits per heavy atom. The summed E-state index contributed by atoms with van der Waals surface area (Å²) in [5.41, 5.74) is -2.47. The molecule has 0 unspecified atom stereocenters. The highest BCUT2D eigenvalue weighted by Crippen LogP contribution is 2.35. The van der Waals surface area contributed by atoms with Crippen LogP contribution < -0.4 is 0 Å². The molecule has 1 heterocycles. The predicted octanol–water partition coefficient (Wildman–Crippen LogP) is 4.00. The van der Waals surface area contributed by atoms with E-state index in [1.165, 1.54) is 0 Å². The van der Waals surface area contributed by atoms with Crippen molar-refractivity contribution in [3.05, 3.63) is 28.0 Å². The van der Waals surface area contributed by atoms with Gasteiger partial charge in [0.05, 0.1) is 10.7 Å². The van der Waals surface area contributed by atoms with Gasteiger partial charge in [-0.2, -0.15) is 13.2 Å². The first-order valence-corrected chi connectivity index (χ1v) is 4.13. The van der Waals surface area contributed by atoms with Crippen molar-refractivity contribution in [2.45, 2.75) is 19.5 Å². The largest absolute Gasteiger partial charge is 0.433 e. The van der Waals surface area contributed by atoms with Gasteiger partial charge < -0.3 is 0 Å². The lowest BCUT2D eigenvalue weighted by molar-refractivity contribution is -0.141.